The maximum Gasteiger partial charge on any atom is 0.338 e. The van der Waals surface area contributed by atoms with Gasteiger partial charge >= 0.3 is 5.97 Å². The van der Waals surface area contributed by atoms with E-state index in [0.29, 0.717) is 33.2 Å². The normalized spacial score (nSPS) is 15.2. The van der Waals surface area contributed by atoms with Crippen molar-refractivity contribution in [1.82, 2.24) is 14.8 Å². The monoisotopic (exact) mass is 452 g/mol. The maximum atomic E-state index is 12.9. The molecule has 1 aromatic heterocycles. The molecular weight excluding hydrogens is 432 g/mol. The van der Waals surface area contributed by atoms with Crippen molar-refractivity contribution in [1.29, 1.82) is 0 Å². The minimum Gasteiger partial charge on any atom is -0.458 e. The van der Waals surface area contributed by atoms with Crippen LogP contribution in [0.3, 0.4) is 0 Å². The third-order valence-corrected chi connectivity index (χ3v) is 6.07. The van der Waals surface area contributed by atoms with Crippen LogP contribution in [0.15, 0.2) is 83.7 Å². The number of hydrogen-bond donors (Lipinski definition) is 1. The number of allylic oxidation sites excluding steroid dienone is 1. The molecule has 158 valence electrons. The van der Waals surface area contributed by atoms with E-state index < -0.39 is 12.0 Å². The Morgan fingerprint density at radius 3 is 2.74 bits per heavy atom. The number of halogens is 1. The standard InChI is InChI=1S/C23H21ClN4O2S/c1-3-13-30-21(29)19-15(2)25-22-26-23(31-14-17-11-7-8-12-18(17)24)27-28(22)20(19)16-9-5-4-6-10-16/h3-12,20H,1,13-14H2,2H3,(H,25,26,27)/t20-/m0/s1. The Morgan fingerprint density at radius 2 is 2.00 bits per heavy atom. The summed E-state index contributed by atoms with van der Waals surface area (Å²) in [6.45, 7) is 5.60. The van der Waals surface area contributed by atoms with Crippen LogP contribution in [0.2, 0.25) is 5.02 Å². The number of benzene rings is 2. The quantitative estimate of drug-likeness (QED) is 0.300. The van der Waals surface area contributed by atoms with Gasteiger partial charge in [0.2, 0.25) is 11.1 Å². The van der Waals surface area contributed by atoms with Crippen molar-refractivity contribution in [3.8, 4) is 0 Å². The molecule has 0 aliphatic carbocycles. The van der Waals surface area contributed by atoms with E-state index in [1.54, 1.807) is 10.8 Å². The summed E-state index contributed by atoms with van der Waals surface area (Å²) < 4.78 is 7.09. The highest BCUT2D eigenvalue weighted by Gasteiger charge is 2.35. The van der Waals surface area contributed by atoms with Crippen LogP contribution in [-0.4, -0.2) is 27.3 Å². The smallest absolute Gasteiger partial charge is 0.338 e. The zero-order valence-electron chi connectivity index (χ0n) is 16.9. The molecule has 0 unspecified atom stereocenters. The molecule has 3 aromatic rings. The molecule has 6 nitrogen and oxygen atoms in total. The zero-order valence-corrected chi connectivity index (χ0v) is 18.5. The molecule has 2 heterocycles. The lowest BCUT2D eigenvalue weighted by molar-refractivity contribution is -0.138. The van der Waals surface area contributed by atoms with E-state index >= 15 is 0 Å². The first kappa shape index (κ1) is 21.2. The lowest BCUT2D eigenvalue weighted by Crippen LogP contribution is -2.29. The van der Waals surface area contributed by atoms with Gasteiger partial charge in [0, 0.05) is 16.5 Å². The summed E-state index contributed by atoms with van der Waals surface area (Å²) in [7, 11) is 0. The number of carbonyl (C=O) groups excluding carboxylic acids is 1. The number of fused-ring (bicyclic) bond motifs is 1. The van der Waals surface area contributed by atoms with Crippen molar-refractivity contribution in [2.45, 2.75) is 23.9 Å². The number of aromatic nitrogens is 3. The number of rotatable bonds is 7. The number of thioether (sulfide) groups is 1. The Labute approximate surface area is 190 Å². The molecule has 0 radical (unpaired) electrons. The van der Waals surface area contributed by atoms with Gasteiger partial charge in [-0.3, -0.25) is 0 Å². The van der Waals surface area contributed by atoms with Crippen molar-refractivity contribution in [3.63, 3.8) is 0 Å². The van der Waals surface area contributed by atoms with Gasteiger partial charge in [0.1, 0.15) is 12.6 Å². The number of esters is 1. The first-order valence-corrected chi connectivity index (χ1v) is 11.1. The topological polar surface area (TPSA) is 69.0 Å². The number of carbonyl (C=O) groups is 1. The Hall–Kier alpha value is -3.03. The fourth-order valence-electron chi connectivity index (χ4n) is 3.37. The Morgan fingerprint density at radius 1 is 1.26 bits per heavy atom. The summed E-state index contributed by atoms with van der Waals surface area (Å²) in [6.07, 6.45) is 1.55. The third-order valence-electron chi connectivity index (χ3n) is 4.82. The molecular formula is C23H21ClN4O2S. The molecule has 0 amide bonds. The number of nitrogens with one attached hydrogen (secondary N) is 1. The molecule has 0 fully saturated rings. The van der Waals surface area contributed by atoms with Gasteiger partial charge in [-0.05, 0) is 24.1 Å². The number of anilines is 1. The summed E-state index contributed by atoms with van der Waals surface area (Å²) in [5.41, 5.74) is 3.11. The predicted molar refractivity (Wildman–Crippen MR) is 123 cm³/mol. The largest absolute Gasteiger partial charge is 0.458 e. The van der Waals surface area contributed by atoms with E-state index in [2.05, 4.69) is 16.9 Å². The highest BCUT2D eigenvalue weighted by molar-refractivity contribution is 7.98. The minimum atomic E-state index is -0.447. The van der Waals surface area contributed by atoms with Gasteiger partial charge in [-0.15, -0.1) is 5.10 Å². The molecule has 31 heavy (non-hydrogen) atoms. The first-order valence-electron chi connectivity index (χ1n) is 9.72. The Bertz CT molecular complexity index is 1140. The molecule has 1 atom stereocenters. The van der Waals surface area contributed by atoms with E-state index in [1.165, 1.54) is 11.8 Å². The average Bonchev–Trinajstić information content (AvgIpc) is 3.18. The van der Waals surface area contributed by atoms with Gasteiger partial charge < -0.3 is 10.1 Å². The predicted octanol–water partition coefficient (Wildman–Crippen LogP) is 5.24. The second-order valence-corrected chi connectivity index (χ2v) is 8.26. The van der Waals surface area contributed by atoms with E-state index in [9.17, 15) is 4.79 Å². The van der Waals surface area contributed by atoms with Crippen LogP contribution in [0.5, 0.6) is 0 Å². The summed E-state index contributed by atoms with van der Waals surface area (Å²) in [6, 6.07) is 17.0. The van der Waals surface area contributed by atoms with Gasteiger partial charge in [-0.2, -0.15) is 4.98 Å². The lowest BCUT2D eigenvalue weighted by atomic mass is 9.96. The summed E-state index contributed by atoms with van der Waals surface area (Å²) in [5, 5.41) is 9.21. The molecule has 0 saturated carbocycles. The van der Waals surface area contributed by atoms with Crippen LogP contribution in [0.25, 0.3) is 0 Å². The summed E-state index contributed by atoms with van der Waals surface area (Å²) in [5.74, 6) is 0.804. The molecule has 1 aliphatic rings. The van der Waals surface area contributed by atoms with Gasteiger partial charge in [0.25, 0.3) is 0 Å². The van der Waals surface area contributed by atoms with Crippen LogP contribution < -0.4 is 5.32 Å². The van der Waals surface area contributed by atoms with Crippen LogP contribution in [-0.2, 0) is 15.3 Å². The number of ether oxygens (including phenoxy) is 1. The maximum absolute atomic E-state index is 12.9. The summed E-state index contributed by atoms with van der Waals surface area (Å²) >= 11 is 7.76. The highest BCUT2D eigenvalue weighted by atomic mass is 35.5. The van der Waals surface area contributed by atoms with Crippen molar-refractivity contribution in [3.05, 3.63) is 94.7 Å². The molecule has 4 rings (SSSR count). The second kappa shape index (κ2) is 9.41. The SMILES string of the molecule is C=CCOC(=O)C1=C(C)Nc2nc(SCc3ccccc3Cl)nn2[C@H]1c1ccccc1. The van der Waals surface area contributed by atoms with Crippen LogP contribution in [0.1, 0.15) is 24.1 Å². The van der Waals surface area contributed by atoms with Gasteiger partial charge in [-0.25, -0.2) is 9.48 Å². The van der Waals surface area contributed by atoms with Crippen molar-refractivity contribution >= 4 is 35.3 Å². The van der Waals surface area contributed by atoms with Gasteiger partial charge in [-0.1, -0.05) is 84.5 Å². The Kier molecular flexibility index (Phi) is 6.44. The lowest BCUT2D eigenvalue weighted by Gasteiger charge is -2.28. The molecule has 0 saturated heterocycles. The van der Waals surface area contributed by atoms with E-state index in [1.807, 2.05) is 61.5 Å². The third kappa shape index (κ3) is 4.52. The average molecular weight is 453 g/mol. The fourth-order valence-corrected chi connectivity index (χ4v) is 4.49. The molecule has 8 heteroatoms. The van der Waals surface area contributed by atoms with E-state index in [0.717, 1.165) is 11.1 Å². The van der Waals surface area contributed by atoms with E-state index in [-0.39, 0.29) is 6.61 Å². The fraction of sp³-hybridized carbons (Fsp3) is 0.174. The van der Waals surface area contributed by atoms with Gasteiger partial charge in [0.15, 0.2) is 0 Å². The van der Waals surface area contributed by atoms with Crippen molar-refractivity contribution < 1.29 is 9.53 Å². The number of nitrogens with zero attached hydrogens (tertiary/aromatic N) is 3. The van der Waals surface area contributed by atoms with E-state index in [4.69, 9.17) is 21.4 Å². The second-order valence-electron chi connectivity index (χ2n) is 6.91. The molecule has 0 spiro atoms. The first-order chi connectivity index (χ1) is 15.1. The van der Waals surface area contributed by atoms with Crippen LogP contribution >= 0.6 is 23.4 Å². The van der Waals surface area contributed by atoms with Crippen molar-refractivity contribution in [2.24, 2.45) is 0 Å². The van der Waals surface area contributed by atoms with Crippen LogP contribution in [0.4, 0.5) is 5.95 Å². The minimum absolute atomic E-state index is 0.139. The molecule has 1 aliphatic heterocycles. The highest BCUT2D eigenvalue weighted by Crippen LogP contribution is 2.37. The van der Waals surface area contributed by atoms with Crippen LogP contribution in [0, 0.1) is 0 Å². The molecule has 0 bridgehead atoms. The molecule has 2 aromatic carbocycles. The molecule has 1 N–H and O–H groups in total. The number of hydrogen-bond acceptors (Lipinski definition) is 6. The Balaban J connectivity index is 1.67. The van der Waals surface area contributed by atoms with Crippen molar-refractivity contribution in [2.75, 3.05) is 11.9 Å². The van der Waals surface area contributed by atoms with Gasteiger partial charge in [0.05, 0.1) is 5.57 Å². The zero-order chi connectivity index (χ0) is 21.8. The summed E-state index contributed by atoms with van der Waals surface area (Å²) in [4.78, 5) is 17.5.